The Bertz CT molecular complexity index is 1780. The van der Waals surface area contributed by atoms with E-state index in [1.165, 1.54) is 35.5 Å². The van der Waals surface area contributed by atoms with E-state index in [0.717, 1.165) is 0 Å². The Hall–Kier alpha value is -5.34. The van der Waals surface area contributed by atoms with Crippen LogP contribution < -0.4 is 14.2 Å². The van der Waals surface area contributed by atoms with Crippen LogP contribution in [0.5, 0.6) is 17.2 Å². The second-order valence-electron chi connectivity index (χ2n) is 10.4. The Balaban J connectivity index is 2.13. The molecule has 0 heterocycles. The minimum absolute atomic E-state index is 0.619. The zero-order valence-corrected chi connectivity index (χ0v) is 28.8. The van der Waals surface area contributed by atoms with E-state index < -0.39 is 29.0 Å². The third-order valence-electron chi connectivity index (χ3n) is 7.81. The van der Waals surface area contributed by atoms with Crippen LogP contribution in [-0.4, -0.2) is 69.1 Å². The molecule has 0 saturated carbocycles. The minimum Gasteiger partial charge on any atom is -0.497 e. The van der Waals surface area contributed by atoms with E-state index in [4.69, 9.17) is 37.9 Å². The van der Waals surface area contributed by atoms with Crippen LogP contribution >= 0.6 is 0 Å². The number of hydrogen-bond acceptors (Lipinski definition) is 8. The Morgan fingerprint density at radius 3 is 0.857 bits per heavy atom. The summed E-state index contributed by atoms with van der Waals surface area (Å²) in [5.74, 6) is 33.6. The second kappa shape index (κ2) is 16.7. The van der Waals surface area contributed by atoms with Gasteiger partial charge < -0.3 is 37.9 Å². The molecule has 0 bridgehead atoms. The molecule has 4 unspecified atom stereocenters. The molecular weight excluding hydrogens is 620 g/mol. The Kier molecular flexibility index (Phi) is 12.4. The SMILES string of the molecule is COc1ccc(C2(OC)C#CC(OC)C#CC(OC)C#CC(OC)(c3ccc(OC)cc3)C#CC(OC)(c3ccc(OC)cc3)C#C2)cc1. The molecular formula is C41H38O8. The molecule has 0 saturated heterocycles. The largest absolute Gasteiger partial charge is 0.497 e. The highest BCUT2D eigenvalue weighted by atomic mass is 16.5. The van der Waals surface area contributed by atoms with E-state index in [2.05, 4.69) is 59.2 Å². The lowest BCUT2D eigenvalue weighted by Crippen LogP contribution is -2.31. The highest BCUT2D eigenvalue weighted by molar-refractivity contribution is 5.53. The Labute approximate surface area is 289 Å². The van der Waals surface area contributed by atoms with Gasteiger partial charge in [-0.3, -0.25) is 0 Å². The van der Waals surface area contributed by atoms with Gasteiger partial charge in [0.25, 0.3) is 0 Å². The highest BCUT2D eigenvalue weighted by Crippen LogP contribution is 2.32. The monoisotopic (exact) mass is 658 g/mol. The van der Waals surface area contributed by atoms with Gasteiger partial charge in [0.05, 0.1) is 21.3 Å². The van der Waals surface area contributed by atoms with Gasteiger partial charge in [-0.05, 0) is 71.9 Å². The van der Waals surface area contributed by atoms with Crippen LogP contribution in [0.3, 0.4) is 0 Å². The van der Waals surface area contributed by atoms with Gasteiger partial charge in [-0.15, -0.1) is 0 Å². The van der Waals surface area contributed by atoms with Gasteiger partial charge in [0.1, 0.15) is 17.2 Å². The van der Waals surface area contributed by atoms with E-state index >= 15 is 0 Å². The summed E-state index contributed by atoms with van der Waals surface area (Å²) in [6.45, 7) is 0. The average Bonchev–Trinajstić information content (AvgIpc) is 3.17. The van der Waals surface area contributed by atoms with E-state index in [1.807, 2.05) is 36.4 Å². The molecule has 8 heteroatoms. The van der Waals surface area contributed by atoms with Gasteiger partial charge in [0.2, 0.25) is 16.8 Å². The van der Waals surface area contributed by atoms with Gasteiger partial charge in [0, 0.05) is 52.2 Å². The fraction of sp³-hybridized carbons (Fsp3) is 0.317. The lowest BCUT2D eigenvalue weighted by Gasteiger charge is -2.27. The number of methoxy groups -OCH3 is 8. The Morgan fingerprint density at radius 2 is 0.633 bits per heavy atom. The van der Waals surface area contributed by atoms with Crippen molar-refractivity contribution in [1.82, 2.24) is 0 Å². The average molecular weight is 659 g/mol. The summed E-state index contributed by atoms with van der Waals surface area (Å²) in [6, 6.07) is 21.8. The molecule has 8 nitrogen and oxygen atoms in total. The van der Waals surface area contributed by atoms with Crippen LogP contribution in [0.15, 0.2) is 72.8 Å². The van der Waals surface area contributed by atoms with Gasteiger partial charge in [-0.2, -0.15) is 0 Å². The summed E-state index contributed by atoms with van der Waals surface area (Å²) in [6.07, 6.45) is -1.67. The highest BCUT2D eigenvalue weighted by Gasteiger charge is 2.35. The van der Waals surface area contributed by atoms with Crippen LogP contribution in [0.4, 0.5) is 0 Å². The van der Waals surface area contributed by atoms with Crippen molar-refractivity contribution in [3.63, 3.8) is 0 Å². The first-order valence-corrected chi connectivity index (χ1v) is 15.1. The molecule has 3 aromatic carbocycles. The standard InChI is InChI=1S/C41H38O8/c1-42-34-15-9-31(10-16-34)39(47-6)25-23-37(45-4)21-22-38(46-5)24-26-40(48-7,32-11-17-35(43-2)18-12-32)28-30-41(49-8,29-27-39)33-13-19-36(44-3)20-14-33/h9-20,37-38H,1-8H3. The first-order chi connectivity index (χ1) is 23.8. The van der Waals surface area contributed by atoms with Gasteiger partial charge >= 0.3 is 0 Å². The summed E-state index contributed by atoms with van der Waals surface area (Å²) >= 11 is 0. The molecule has 250 valence electrons. The van der Waals surface area contributed by atoms with Crippen LogP contribution in [0, 0.1) is 59.2 Å². The zero-order valence-electron chi connectivity index (χ0n) is 28.8. The number of hydrogen-bond donors (Lipinski definition) is 0. The molecule has 0 spiro atoms. The van der Waals surface area contributed by atoms with Crippen molar-refractivity contribution in [2.45, 2.75) is 29.0 Å². The molecule has 1 aliphatic carbocycles. The lowest BCUT2D eigenvalue weighted by atomic mass is 9.88. The number of rotatable bonds is 11. The van der Waals surface area contributed by atoms with Crippen molar-refractivity contribution in [2.75, 3.05) is 56.9 Å². The van der Waals surface area contributed by atoms with Crippen molar-refractivity contribution in [1.29, 1.82) is 0 Å². The van der Waals surface area contributed by atoms with E-state index in [9.17, 15) is 0 Å². The minimum atomic E-state index is -1.54. The third kappa shape index (κ3) is 8.21. The summed E-state index contributed by atoms with van der Waals surface area (Å²) in [4.78, 5) is 0. The van der Waals surface area contributed by atoms with E-state index in [1.54, 1.807) is 57.7 Å². The van der Waals surface area contributed by atoms with E-state index in [0.29, 0.717) is 33.9 Å². The first kappa shape index (κ1) is 36.5. The molecule has 49 heavy (non-hydrogen) atoms. The fourth-order valence-corrected chi connectivity index (χ4v) is 4.81. The number of ether oxygens (including phenoxy) is 8. The molecule has 0 radical (unpaired) electrons. The third-order valence-corrected chi connectivity index (χ3v) is 7.81. The molecule has 4 atom stereocenters. The van der Waals surface area contributed by atoms with Crippen molar-refractivity contribution >= 4 is 0 Å². The van der Waals surface area contributed by atoms with Crippen LogP contribution in [0.2, 0.25) is 0 Å². The number of benzene rings is 3. The maximum atomic E-state index is 6.22. The first-order valence-electron chi connectivity index (χ1n) is 15.1. The predicted octanol–water partition coefficient (Wildman–Crippen LogP) is 4.70. The van der Waals surface area contributed by atoms with Gasteiger partial charge in [-0.25, -0.2) is 0 Å². The molecule has 0 N–H and O–H groups in total. The van der Waals surface area contributed by atoms with E-state index in [-0.39, 0.29) is 0 Å². The van der Waals surface area contributed by atoms with Crippen molar-refractivity contribution in [3.05, 3.63) is 89.5 Å². The smallest absolute Gasteiger partial charge is 0.216 e. The van der Waals surface area contributed by atoms with Gasteiger partial charge in [0.15, 0.2) is 12.2 Å². The zero-order chi connectivity index (χ0) is 35.3. The lowest BCUT2D eigenvalue weighted by molar-refractivity contribution is 0.0758. The molecule has 4 rings (SSSR count). The summed E-state index contributed by atoms with van der Waals surface area (Å²) < 4.78 is 45.9. The van der Waals surface area contributed by atoms with Gasteiger partial charge in [-0.1, -0.05) is 60.1 Å². The molecule has 0 fully saturated rings. The van der Waals surface area contributed by atoms with Crippen LogP contribution in [0.1, 0.15) is 16.7 Å². The van der Waals surface area contributed by atoms with Crippen molar-refractivity contribution < 1.29 is 37.9 Å². The molecule has 3 aromatic rings. The summed E-state index contributed by atoms with van der Waals surface area (Å²) in [5.41, 5.74) is -2.60. The molecule has 0 amide bonds. The summed E-state index contributed by atoms with van der Waals surface area (Å²) in [5, 5.41) is 0. The molecule has 0 aromatic heterocycles. The molecule has 1 aliphatic rings. The maximum Gasteiger partial charge on any atom is 0.216 e. The Morgan fingerprint density at radius 1 is 0.367 bits per heavy atom. The topological polar surface area (TPSA) is 73.8 Å². The summed E-state index contributed by atoms with van der Waals surface area (Å²) in [7, 11) is 12.4. The maximum absolute atomic E-state index is 6.22. The second-order valence-corrected chi connectivity index (χ2v) is 10.4. The van der Waals surface area contributed by atoms with Crippen LogP contribution in [0.25, 0.3) is 0 Å². The molecule has 0 aliphatic heterocycles. The predicted molar refractivity (Wildman–Crippen MR) is 186 cm³/mol. The van der Waals surface area contributed by atoms with Crippen molar-refractivity contribution in [3.8, 4) is 76.5 Å². The quantitative estimate of drug-likeness (QED) is 0.275. The normalized spacial score (nSPS) is 24.2. The fourth-order valence-electron chi connectivity index (χ4n) is 4.81. The van der Waals surface area contributed by atoms with Crippen LogP contribution in [-0.2, 0) is 40.5 Å². The van der Waals surface area contributed by atoms with Crippen molar-refractivity contribution in [2.24, 2.45) is 0 Å².